The van der Waals surface area contributed by atoms with Crippen molar-refractivity contribution in [1.82, 2.24) is 10.2 Å². The van der Waals surface area contributed by atoms with E-state index in [-0.39, 0.29) is 17.4 Å². The van der Waals surface area contributed by atoms with Gasteiger partial charge in [-0.25, -0.2) is 13.8 Å². The van der Waals surface area contributed by atoms with Gasteiger partial charge in [0.25, 0.3) is 0 Å². The Morgan fingerprint density at radius 3 is 2.15 bits per heavy atom. The fourth-order valence-corrected chi connectivity index (χ4v) is 4.08. The average Bonchev–Trinajstić information content (AvgIpc) is 3.10. The van der Waals surface area contributed by atoms with Crippen LogP contribution in [0.1, 0.15) is 56.7 Å². The van der Waals surface area contributed by atoms with Gasteiger partial charge in [0.2, 0.25) is 0 Å². The van der Waals surface area contributed by atoms with Crippen LogP contribution in [-0.2, 0) is 6.42 Å². The van der Waals surface area contributed by atoms with Gasteiger partial charge >= 0.3 is 0 Å². The summed E-state index contributed by atoms with van der Waals surface area (Å²) < 4.78 is 26.0. The van der Waals surface area contributed by atoms with Gasteiger partial charge in [0.1, 0.15) is 17.5 Å². The van der Waals surface area contributed by atoms with Gasteiger partial charge in [0, 0.05) is 49.9 Å². The van der Waals surface area contributed by atoms with Crippen molar-refractivity contribution >= 4 is 22.9 Å². The van der Waals surface area contributed by atoms with Gasteiger partial charge in [-0.05, 0) is 59.9 Å². The van der Waals surface area contributed by atoms with Crippen molar-refractivity contribution < 1.29 is 13.9 Å². The summed E-state index contributed by atoms with van der Waals surface area (Å²) >= 11 is 0. The Balaban J connectivity index is 0.000000248. The lowest BCUT2D eigenvalue weighted by Crippen LogP contribution is -2.46. The second kappa shape index (κ2) is 14.4. The Morgan fingerprint density at radius 2 is 1.56 bits per heavy atom. The van der Waals surface area contributed by atoms with Crippen molar-refractivity contribution in [2.24, 2.45) is 4.99 Å². The van der Waals surface area contributed by atoms with Crippen LogP contribution in [0.15, 0.2) is 78.0 Å². The van der Waals surface area contributed by atoms with E-state index in [1.807, 2.05) is 13.8 Å². The minimum atomic E-state index is -0.266. The van der Waals surface area contributed by atoms with Crippen LogP contribution in [0, 0.1) is 11.6 Å². The molecule has 7 heteroatoms. The molecule has 2 aliphatic rings. The molecule has 39 heavy (non-hydrogen) atoms. The maximum Gasteiger partial charge on any atom is 0.138 e. The normalized spacial score (nSPS) is 13.8. The molecule has 208 valence electrons. The highest BCUT2D eigenvalue weighted by Crippen LogP contribution is 2.36. The van der Waals surface area contributed by atoms with Crippen molar-refractivity contribution in [2.45, 2.75) is 46.5 Å². The molecule has 3 aromatic carbocycles. The number of fused-ring (bicyclic) bond motifs is 2. The molecule has 0 spiro atoms. The Morgan fingerprint density at radius 1 is 0.949 bits per heavy atom. The molecule has 3 N–H and O–H groups in total. The quantitative estimate of drug-likeness (QED) is 0.300. The molecule has 0 amide bonds. The molecule has 2 aliphatic heterocycles. The van der Waals surface area contributed by atoms with Crippen LogP contribution < -0.4 is 10.6 Å². The number of nitrogens with zero attached hydrogens (tertiary/aromatic N) is 2. The SMILES string of the molecule is C=C(O)CC.CC(C)c1ccc2c(c1)C(N1CCNCC1)=Nc1cc(F)ccc1N2.CCc1ccc(F)cc1. The van der Waals surface area contributed by atoms with E-state index in [0.29, 0.717) is 18.0 Å². The molecule has 1 fully saturated rings. The molecule has 1 saturated heterocycles. The van der Waals surface area contributed by atoms with Gasteiger partial charge in [-0.2, -0.15) is 0 Å². The molecule has 0 aliphatic carbocycles. The van der Waals surface area contributed by atoms with Gasteiger partial charge in [0.05, 0.1) is 17.1 Å². The van der Waals surface area contributed by atoms with Crippen molar-refractivity contribution in [3.63, 3.8) is 0 Å². The number of halogens is 2. The van der Waals surface area contributed by atoms with Gasteiger partial charge in [-0.15, -0.1) is 0 Å². The van der Waals surface area contributed by atoms with Gasteiger partial charge in [0.15, 0.2) is 0 Å². The number of aliphatic hydroxyl groups is 1. The zero-order valence-corrected chi connectivity index (χ0v) is 23.4. The minimum absolute atomic E-state index is 0.160. The lowest BCUT2D eigenvalue weighted by Gasteiger charge is -2.31. The number of hydrogen-bond acceptors (Lipinski definition) is 5. The summed E-state index contributed by atoms with van der Waals surface area (Å²) in [6, 6.07) is 17.8. The first-order chi connectivity index (χ1) is 18.7. The number of amidine groups is 1. The van der Waals surface area contributed by atoms with E-state index in [9.17, 15) is 8.78 Å². The summed E-state index contributed by atoms with van der Waals surface area (Å²) in [6.45, 7) is 15.2. The average molecular weight is 535 g/mol. The summed E-state index contributed by atoms with van der Waals surface area (Å²) in [6.07, 6.45) is 1.64. The van der Waals surface area contributed by atoms with Crippen LogP contribution in [-0.4, -0.2) is 42.0 Å². The molecule has 5 rings (SSSR count). The molecule has 0 bridgehead atoms. The molecule has 2 heterocycles. The van der Waals surface area contributed by atoms with Crippen molar-refractivity contribution in [1.29, 1.82) is 0 Å². The first-order valence-electron chi connectivity index (χ1n) is 13.6. The number of aliphatic hydroxyl groups excluding tert-OH is 1. The molecule has 0 aromatic heterocycles. The molecule has 0 radical (unpaired) electrons. The number of allylic oxidation sites excluding steroid dienone is 1. The molecule has 3 aromatic rings. The highest BCUT2D eigenvalue weighted by molar-refractivity contribution is 6.08. The van der Waals surface area contributed by atoms with E-state index >= 15 is 0 Å². The fourth-order valence-electron chi connectivity index (χ4n) is 4.08. The Labute approximate surface area is 231 Å². The molecule has 5 nitrogen and oxygen atoms in total. The van der Waals surface area contributed by atoms with E-state index in [2.05, 4.69) is 54.2 Å². The Hall–Kier alpha value is -3.71. The highest BCUT2D eigenvalue weighted by atomic mass is 19.1. The van der Waals surface area contributed by atoms with Crippen LogP contribution in [0.3, 0.4) is 0 Å². The summed E-state index contributed by atoms with van der Waals surface area (Å²) in [5.41, 5.74) is 6.05. The lowest BCUT2D eigenvalue weighted by atomic mass is 9.98. The van der Waals surface area contributed by atoms with E-state index in [1.54, 1.807) is 18.2 Å². The zero-order valence-electron chi connectivity index (χ0n) is 23.4. The molecule has 0 unspecified atom stereocenters. The monoisotopic (exact) mass is 534 g/mol. The smallest absolute Gasteiger partial charge is 0.138 e. The number of nitrogens with one attached hydrogen (secondary N) is 2. The van der Waals surface area contributed by atoms with Gasteiger partial charge < -0.3 is 20.6 Å². The van der Waals surface area contributed by atoms with E-state index in [1.165, 1.54) is 35.4 Å². The van der Waals surface area contributed by atoms with Gasteiger partial charge in [-0.1, -0.05) is 52.5 Å². The predicted octanol–water partition coefficient (Wildman–Crippen LogP) is 7.85. The molecule has 0 saturated carbocycles. The molecular weight excluding hydrogens is 494 g/mol. The summed E-state index contributed by atoms with van der Waals surface area (Å²) in [7, 11) is 0. The number of rotatable bonds is 3. The highest BCUT2D eigenvalue weighted by Gasteiger charge is 2.23. The largest absolute Gasteiger partial charge is 0.513 e. The maximum atomic E-state index is 13.8. The maximum absolute atomic E-state index is 13.8. The molecular formula is C32H40F2N4O. The van der Waals surface area contributed by atoms with Gasteiger partial charge in [-0.3, -0.25) is 0 Å². The Bertz CT molecular complexity index is 1270. The minimum Gasteiger partial charge on any atom is -0.513 e. The van der Waals surface area contributed by atoms with Crippen molar-refractivity contribution in [2.75, 3.05) is 31.5 Å². The topological polar surface area (TPSA) is 59.9 Å². The van der Waals surface area contributed by atoms with Crippen molar-refractivity contribution in [3.05, 3.63) is 101 Å². The standard InChI is InChI=1S/C20H23FN4.C8H9F.C4H8O/c1-13(2)14-3-5-17-16(11-14)20(25-9-7-22-8-10-25)24-19-12-15(21)4-6-18(19)23-17;1-2-7-3-5-8(9)6-4-7;1-3-4(2)5/h3-6,11-13,22-23H,7-10H2,1-2H3;3-6H,2H2,1H3;5H,2-3H2,1H3. The first-order valence-corrected chi connectivity index (χ1v) is 13.6. The second-order valence-corrected chi connectivity index (χ2v) is 9.82. The van der Waals surface area contributed by atoms with Crippen LogP contribution in [0.5, 0.6) is 0 Å². The third-order valence-corrected chi connectivity index (χ3v) is 6.55. The first kappa shape index (κ1) is 29.8. The van der Waals surface area contributed by atoms with Crippen LogP contribution in [0.2, 0.25) is 0 Å². The van der Waals surface area contributed by atoms with Crippen LogP contribution in [0.25, 0.3) is 0 Å². The van der Waals surface area contributed by atoms with Crippen molar-refractivity contribution in [3.8, 4) is 0 Å². The number of hydrogen-bond donors (Lipinski definition) is 3. The molecule has 0 atom stereocenters. The zero-order chi connectivity index (χ0) is 28.4. The number of aryl methyl sites for hydroxylation is 1. The van der Waals surface area contributed by atoms with Crippen LogP contribution in [0.4, 0.5) is 25.8 Å². The number of anilines is 2. The summed E-state index contributed by atoms with van der Waals surface area (Å²) in [5, 5.41) is 15.0. The van der Waals surface area contributed by atoms with E-state index in [0.717, 1.165) is 55.4 Å². The predicted molar refractivity (Wildman–Crippen MR) is 159 cm³/mol. The van der Waals surface area contributed by atoms with E-state index in [4.69, 9.17) is 10.1 Å². The van der Waals surface area contributed by atoms with Crippen LogP contribution >= 0.6 is 0 Å². The third kappa shape index (κ3) is 8.65. The summed E-state index contributed by atoms with van der Waals surface area (Å²) in [5.74, 6) is 1.20. The summed E-state index contributed by atoms with van der Waals surface area (Å²) in [4.78, 5) is 7.17. The van der Waals surface area contributed by atoms with E-state index < -0.39 is 0 Å². The third-order valence-electron chi connectivity index (χ3n) is 6.55. The Kier molecular flexibility index (Phi) is 11.1. The number of benzene rings is 3. The second-order valence-electron chi connectivity index (χ2n) is 9.82. The fraction of sp³-hybridized carbons (Fsp3) is 0.344. The lowest BCUT2D eigenvalue weighted by molar-refractivity contribution is 0.358. The number of aliphatic imine (C=N–C) groups is 1. The number of piperazine rings is 1.